The lowest BCUT2D eigenvalue weighted by Gasteiger charge is -2.09. The molecule has 4 rings (SSSR count). The highest BCUT2D eigenvalue weighted by molar-refractivity contribution is 5.89. The smallest absolute Gasteiger partial charge is 0.199 e. The van der Waals surface area contributed by atoms with Gasteiger partial charge < -0.3 is 21.1 Å². The third-order valence-electron chi connectivity index (χ3n) is 4.50. The number of imidazole rings is 1. The highest BCUT2D eigenvalue weighted by atomic mass is 16.6. The van der Waals surface area contributed by atoms with Gasteiger partial charge in [0, 0.05) is 17.8 Å². The Morgan fingerprint density at radius 1 is 1.17 bits per heavy atom. The lowest BCUT2D eigenvalue weighted by Crippen LogP contribution is -2.14. The van der Waals surface area contributed by atoms with Crippen LogP contribution in [0.5, 0.6) is 0 Å². The van der Waals surface area contributed by atoms with Crippen LogP contribution in [0.1, 0.15) is 26.5 Å². The molecular formula is C21H21N7O2. The van der Waals surface area contributed by atoms with Crippen LogP contribution in [-0.4, -0.2) is 35.6 Å². The second kappa shape index (κ2) is 7.17. The number of para-hydroxylation sites is 1. The zero-order valence-electron chi connectivity index (χ0n) is 16.8. The molecule has 4 aromatic rings. The van der Waals surface area contributed by atoms with Gasteiger partial charge in [-0.25, -0.2) is 14.6 Å². The minimum absolute atomic E-state index is 0.143. The Bertz CT molecular complexity index is 1300. The van der Waals surface area contributed by atoms with Crippen LogP contribution < -0.4 is 11.5 Å². The van der Waals surface area contributed by atoms with E-state index in [4.69, 9.17) is 21.1 Å². The summed E-state index contributed by atoms with van der Waals surface area (Å²) in [6.07, 6.45) is 0. The molecule has 0 atom stereocenters. The van der Waals surface area contributed by atoms with Crippen LogP contribution in [0.4, 0.5) is 11.5 Å². The number of hydrogen-bond acceptors (Lipinski definition) is 8. The van der Waals surface area contributed by atoms with Crippen molar-refractivity contribution >= 4 is 22.5 Å². The van der Waals surface area contributed by atoms with E-state index in [1.165, 1.54) is 0 Å². The number of nitrogens with two attached hydrogens (primary N) is 2. The molecule has 0 aliphatic carbocycles. The van der Waals surface area contributed by atoms with Gasteiger partial charge in [-0.3, -0.25) is 0 Å². The second-order valence-corrected chi connectivity index (χ2v) is 7.30. The van der Waals surface area contributed by atoms with Crippen LogP contribution >= 0.6 is 0 Å². The van der Waals surface area contributed by atoms with Crippen LogP contribution in [0.15, 0.2) is 35.0 Å². The molecule has 0 bridgehead atoms. The van der Waals surface area contributed by atoms with E-state index in [2.05, 4.69) is 27.1 Å². The van der Waals surface area contributed by atoms with Gasteiger partial charge in [-0.1, -0.05) is 24.1 Å². The molecule has 5 N–H and O–H groups in total. The molecule has 0 radical (unpaired) electrons. The largest absolute Gasteiger partial charge is 0.398 e. The molecule has 3 heterocycles. The number of rotatable bonds is 3. The normalized spacial score (nSPS) is 11.5. The van der Waals surface area contributed by atoms with Crippen molar-refractivity contribution in [3.63, 3.8) is 0 Å². The van der Waals surface area contributed by atoms with Gasteiger partial charge in [-0.2, -0.15) is 0 Å². The molecule has 9 heteroatoms. The number of nitrogen functional groups attached to an aromatic ring is 2. The number of pyridine rings is 1. The Balaban J connectivity index is 2.06. The van der Waals surface area contributed by atoms with E-state index in [9.17, 15) is 5.11 Å². The summed E-state index contributed by atoms with van der Waals surface area (Å²) in [4.78, 5) is 9.38. The SMILES string of the molecule is CCn1c(-c2nonc2N)nc2c(C#CC(C)(C)O)nc(-c3ccccc3N)cc21. The van der Waals surface area contributed by atoms with Gasteiger partial charge in [-0.15, -0.1) is 0 Å². The van der Waals surface area contributed by atoms with E-state index in [0.29, 0.717) is 40.7 Å². The third kappa shape index (κ3) is 3.44. The Morgan fingerprint density at radius 3 is 2.57 bits per heavy atom. The fourth-order valence-corrected chi connectivity index (χ4v) is 3.14. The number of aromatic nitrogens is 5. The second-order valence-electron chi connectivity index (χ2n) is 7.30. The quantitative estimate of drug-likeness (QED) is 0.350. The van der Waals surface area contributed by atoms with Crippen molar-refractivity contribution in [1.29, 1.82) is 0 Å². The van der Waals surface area contributed by atoms with Gasteiger partial charge in [0.2, 0.25) is 0 Å². The Hall–Kier alpha value is -3.90. The Labute approximate surface area is 172 Å². The first-order chi connectivity index (χ1) is 14.3. The van der Waals surface area contributed by atoms with E-state index >= 15 is 0 Å². The standard InChI is InChI=1S/C21H21N7O2/c1-4-28-16-11-15(12-7-5-6-8-13(12)22)24-14(9-10-21(2,3)29)17(16)25-20(28)18-19(23)27-30-26-18/h5-8,11,29H,4,22H2,1-3H3,(H2,23,27). The molecule has 0 saturated heterocycles. The average molecular weight is 403 g/mol. The van der Waals surface area contributed by atoms with Gasteiger partial charge in [-0.05, 0) is 49.1 Å². The van der Waals surface area contributed by atoms with Crippen LogP contribution in [0.3, 0.4) is 0 Å². The molecule has 0 spiro atoms. The summed E-state index contributed by atoms with van der Waals surface area (Å²) >= 11 is 0. The zero-order chi connectivity index (χ0) is 21.5. The fraction of sp³-hybridized carbons (Fsp3) is 0.238. The molecule has 152 valence electrons. The third-order valence-corrected chi connectivity index (χ3v) is 4.50. The summed E-state index contributed by atoms with van der Waals surface area (Å²) in [5, 5.41) is 17.6. The minimum Gasteiger partial charge on any atom is -0.398 e. The van der Waals surface area contributed by atoms with E-state index in [1.807, 2.05) is 41.8 Å². The van der Waals surface area contributed by atoms with E-state index in [0.717, 1.165) is 11.1 Å². The molecule has 0 unspecified atom stereocenters. The molecule has 0 fully saturated rings. The minimum atomic E-state index is -1.19. The summed E-state index contributed by atoms with van der Waals surface area (Å²) < 4.78 is 6.69. The van der Waals surface area contributed by atoms with Gasteiger partial charge in [0.1, 0.15) is 16.8 Å². The van der Waals surface area contributed by atoms with Crippen molar-refractivity contribution in [2.24, 2.45) is 0 Å². The van der Waals surface area contributed by atoms with E-state index in [-0.39, 0.29) is 5.82 Å². The van der Waals surface area contributed by atoms with Crippen molar-refractivity contribution < 1.29 is 9.74 Å². The van der Waals surface area contributed by atoms with Crippen molar-refractivity contribution in [1.82, 2.24) is 24.8 Å². The zero-order valence-corrected chi connectivity index (χ0v) is 16.8. The summed E-state index contributed by atoms with van der Waals surface area (Å²) in [7, 11) is 0. The Kier molecular flexibility index (Phi) is 4.64. The van der Waals surface area contributed by atoms with Crippen LogP contribution in [0, 0.1) is 11.8 Å². The lowest BCUT2D eigenvalue weighted by atomic mass is 10.1. The van der Waals surface area contributed by atoms with E-state index in [1.54, 1.807) is 13.8 Å². The number of aryl methyl sites for hydroxylation is 1. The van der Waals surface area contributed by atoms with E-state index < -0.39 is 5.60 Å². The number of fused-ring (bicyclic) bond motifs is 1. The first-order valence-corrected chi connectivity index (χ1v) is 9.38. The van der Waals surface area contributed by atoms with Gasteiger partial charge >= 0.3 is 0 Å². The van der Waals surface area contributed by atoms with Gasteiger partial charge in [0.15, 0.2) is 17.3 Å². The van der Waals surface area contributed by atoms with Gasteiger partial charge in [0.05, 0.1) is 11.2 Å². The number of hydrogen-bond donors (Lipinski definition) is 3. The number of anilines is 2. The van der Waals surface area contributed by atoms with Crippen LogP contribution in [0.25, 0.3) is 33.8 Å². The lowest BCUT2D eigenvalue weighted by molar-refractivity contribution is 0.143. The molecule has 0 saturated carbocycles. The maximum atomic E-state index is 10.1. The molecule has 30 heavy (non-hydrogen) atoms. The predicted molar refractivity (Wildman–Crippen MR) is 114 cm³/mol. The Morgan fingerprint density at radius 2 is 1.93 bits per heavy atom. The van der Waals surface area contributed by atoms with Crippen LogP contribution in [0.2, 0.25) is 0 Å². The number of aliphatic hydroxyl groups is 1. The molecular weight excluding hydrogens is 382 g/mol. The van der Waals surface area contributed by atoms with Crippen molar-refractivity contribution in [3.8, 4) is 34.6 Å². The molecule has 3 aromatic heterocycles. The average Bonchev–Trinajstić information content (AvgIpc) is 3.28. The van der Waals surface area contributed by atoms with Crippen LogP contribution in [-0.2, 0) is 6.54 Å². The molecule has 1 aromatic carbocycles. The summed E-state index contributed by atoms with van der Waals surface area (Å²) in [6.45, 7) is 5.78. The van der Waals surface area contributed by atoms with Gasteiger partial charge in [0.25, 0.3) is 0 Å². The summed E-state index contributed by atoms with van der Waals surface area (Å²) in [5.41, 5.74) is 15.0. The highest BCUT2D eigenvalue weighted by Gasteiger charge is 2.22. The number of benzene rings is 1. The molecule has 9 nitrogen and oxygen atoms in total. The predicted octanol–water partition coefficient (Wildman–Crippen LogP) is 2.46. The molecule has 0 aliphatic heterocycles. The maximum Gasteiger partial charge on any atom is 0.199 e. The monoisotopic (exact) mass is 403 g/mol. The number of nitrogens with zero attached hydrogens (tertiary/aromatic N) is 5. The molecule has 0 amide bonds. The first-order valence-electron chi connectivity index (χ1n) is 9.38. The van der Waals surface area contributed by atoms with Crippen molar-refractivity contribution in [3.05, 3.63) is 36.0 Å². The fourth-order valence-electron chi connectivity index (χ4n) is 3.14. The summed E-state index contributed by atoms with van der Waals surface area (Å²) in [5.74, 6) is 6.41. The maximum absolute atomic E-state index is 10.1. The first kappa shape index (κ1) is 19.4. The summed E-state index contributed by atoms with van der Waals surface area (Å²) in [6, 6.07) is 9.36. The molecule has 0 aliphatic rings. The van der Waals surface area contributed by atoms with Crippen molar-refractivity contribution in [2.75, 3.05) is 11.5 Å². The topological polar surface area (TPSA) is 142 Å². The van der Waals surface area contributed by atoms with Crippen molar-refractivity contribution in [2.45, 2.75) is 32.9 Å². The highest BCUT2D eigenvalue weighted by Crippen LogP contribution is 2.32.